The summed E-state index contributed by atoms with van der Waals surface area (Å²) in [5, 5.41) is 0. The number of carbonyl (C=O) groups is 2. The van der Waals surface area contributed by atoms with Gasteiger partial charge >= 0.3 is 0 Å². The van der Waals surface area contributed by atoms with Gasteiger partial charge in [-0.2, -0.15) is 0 Å². The lowest BCUT2D eigenvalue weighted by Gasteiger charge is -2.35. The van der Waals surface area contributed by atoms with Crippen LogP contribution in [0.15, 0.2) is 30.3 Å². The number of Topliss-reactive ketones (excluding diaryl/α,β-unsaturated/α-hetero) is 1. The largest absolute Gasteiger partial charge is 0.339 e. The SMILES string of the molecule is CN(CC1CCN(C)C1(C)C)C(=O)C(=O)CCc1ccccc1. The summed E-state index contributed by atoms with van der Waals surface area (Å²) in [6, 6.07) is 9.82. The predicted molar refractivity (Wildman–Crippen MR) is 92.2 cm³/mol. The Morgan fingerprint density at radius 1 is 1.26 bits per heavy atom. The number of amides is 1. The summed E-state index contributed by atoms with van der Waals surface area (Å²) in [5.74, 6) is -0.241. The molecule has 4 heteroatoms. The Morgan fingerprint density at radius 3 is 2.48 bits per heavy atom. The zero-order valence-electron chi connectivity index (χ0n) is 14.7. The second-order valence-electron chi connectivity index (χ2n) is 7.16. The summed E-state index contributed by atoms with van der Waals surface area (Å²) in [5.41, 5.74) is 1.16. The number of carbonyl (C=O) groups excluding carboxylic acids is 2. The van der Waals surface area contributed by atoms with E-state index in [4.69, 9.17) is 0 Å². The van der Waals surface area contributed by atoms with Crippen molar-refractivity contribution in [2.75, 3.05) is 27.2 Å². The van der Waals surface area contributed by atoms with Gasteiger partial charge in [-0.1, -0.05) is 30.3 Å². The fraction of sp³-hybridized carbons (Fsp3) is 0.579. The van der Waals surface area contributed by atoms with E-state index in [-0.39, 0.29) is 23.7 Å². The average Bonchev–Trinajstić information content (AvgIpc) is 2.79. The maximum absolute atomic E-state index is 12.3. The molecule has 4 nitrogen and oxygen atoms in total. The first kappa shape index (κ1) is 17.7. The minimum Gasteiger partial charge on any atom is -0.339 e. The molecule has 0 spiro atoms. The van der Waals surface area contributed by atoms with Gasteiger partial charge in [0.15, 0.2) is 0 Å². The van der Waals surface area contributed by atoms with E-state index in [1.165, 1.54) is 0 Å². The van der Waals surface area contributed by atoms with Crippen molar-refractivity contribution in [2.45, 2.75) is 38.6 Å². The number of hydrogen-bond donors (Lipinski definition) is 0. The summed E-state index contributed by atoms with van der Waals surface area (Å²) in [4.78, 5) is 28.4. The number of aryl methyl sites for hydroxylation is 1. The lowest BCUT2D eigenvalue weighted by Crippen LogP contribution is -2.45. The van der Waals surface area contributed by atoms with Crippen LogP contribution in [0.5, 0.6) is 0 Å². The van der Waals surface area contributed by atoms with Crippen molar-refractivity contribution in [2.24, 2.45) is 5.92 Å². The van der Waals surface area contributed by atoms with Gasteiger partial charge in [0.25, 0.3) is 5.91 Å². The predicted octanol–water partition coefficient (Wildman–Crippen LogP) is 2.38. The highest BCUT2D eigenvalue weighted by Gasteiger charge is 2.40. The molecule has 0 bridgehead atoms. The molecule has 126 valence electrons. The van der Waals surface area contributed by atoms with E-state index in [0.29, 0.717) is 18.9 Å². The number of benzene rings is 1. The number of ketones is 1. The first-order valence-electron chi connectivity index (χ1n) is 8.36. The van der Waals surface area contributed by atoms with Crippen molar-refractivity contribution in [1.29, 1.82) is 0 Å². The normalized spacial score (nSPS) is 20.4. The van der Waals surface area contributed by atoms with Crippen molar-refractivity contribution in [3.8, 4) is 0 Å². The van der Waals surface area contributed by atoms with Crippen molar-refractivity contribution in [3.05, 3.63) is 35.9 Å². The molecule has 1 aromatic carbocycles. The third-order valence-corrected chi connectivity index (χ3v) is 5.36. The van der Waals surface area contributed by atoms with Crippen LogP contribution in [0.2, 0.25) is 0 Å². The van der Waals surface area contributed by atoms with Crippen molar-refractivity contribution in [1.82, 2.24) is 9.80 Å². The van der Waals surface area contributed by atoms with Crippen LogP contribution in [-0.4, -0.2) is 54.2 Å². The lowest BCUT2D eigenvalue weighted by atomic mass is 9.88. The van der Waals surface area contributed by atoms with Gasteiger partial charge in [-0.3, -0.25) is 9.59 Å². The molecular weight excluding hydrogens is 288 g/mol. The van der Waals surface area contributed by atoms with Gasteiger partial charge in [-0.25, -0.2) is 0 Å². The van der Waals surface area contributed by atoms with E-state index < -0.39 is 0 Å². The van der Waals surface area contributed by atoms with E-state index in [1.54, 1.807) is 11.9 Å². The highest BCUT2D eigenvalue weighted by molar-refractivity contribution is 6.36. The van der Waals surface area contributed by atoms with Crippen LogP contribution in [0.1, 0.15) is 32.3 Å². The van der Waals surface area contributed by atoms with Crippen molar-refractivity contribution in [3.63, 3.8) is 0 Å². The standard InChI is InChI=1S/C19H28N2O2/c1-19(2)16(12-13-21(19)4)14-20(3)18(23)17(22)11-10-15-8-6-5-7-9-15/h5-9,16H,10-14H2,1-4H3. The van der Waals surface area contributed by atoms with Gasteiger partial charge in [0, 0.05) is 25.6 Å². The van der Waals surface area contributed by atoms with Gasteiger partial charge in [0.1, 0.15) is 0 Å². The molecule has 0 N–H and O–H groups in total. The van der Waals surface area contributed by atoms with E-state index in [0.717, 1.165) is 18.5 Å². The van der Waals surface area contributed by atoms with Crippen LogP contribution >= 0.6 is 0 Å². The van der Waals surface area contributed by atoms with Crippen LogP contribution in [0.25, 0.3) is 0 Å². The molecule has 1 saturated heterocycles. The van der Waals surface area contributed by atoms with Crippen molar-refractivity contribution < 1.29 is 9.59 Å². The van der Waals surface area contributed by atoms with Crippen LogP contribution in [-0.2, 0) is 16.0 Å². The number of likely N-dealkylation sites (N-methyl/N-ethyl adjacent to an activating group) is 1. The van der Waals surface area contributed by atoms with Crippen LogP contribution in [0.4, 0.5) is 0 Å². The fourth-order valence-corrected chi connectivity index (χ4v) is 3.25. The minimum atomic E-state index is -0.355. The zero-order chi connectivity index (χ0) is 17.0. The molecule has 1 fully saturated rings. The van der Waals surface area contributed by atoms with Gasteiger partial charge < -0.3 is 9.80 Å². The van der Waals surface area contributed by atoms with E-state index in [9.17, 15) is 9.59 Å². The Hall–Kier alpha value is -1.68. The molecule has 0 radical (unpaired) electrons. The molecule has 0 saturated carbocycles. The molecular formula is C19H28N2O2. The maximum Gasteiger partial charge on any atom is 0.289 e. The van der Waals surface area contributed by atoms with Crippen LogP contribution in [0.3, 0.4) is 0 Å². The molecule has 1 unspecified atom stereocenters. The molecule has 1 aromatic rings. The molecule has 1 amide bonds. The van der Waals surface area contributed by atoms with Gasteiger partial charge in [-0.05, 0) is 51.8 Å². The Labute approximate surface area is 139 Å². The lowest BCUT2D eigenvalue weighted by molar-refractivity contribution is -0.144. The van der Waals surface area contributed by atoms with Gasteiger partial charge in [0.05, 0.1) is 0 Å². The maximum atomic E-state index is 12.3. The van der Waals surface area contributed by atoms with Crippen LogP contribution < -0.4 is 0 Å². The number of rotatable bonds is 6. The minimum absolute atomic E-state index is 0.0711. The first-order valence-corrected chi connectivity index (χ1v) is 8.36. The molecule has 1 heterocycles. The quantitative estimate of drug-likeness (QED) is 0.757. The summed E-state index contributed by atoms with van der Waals surface area (Å²) in [6.45, 7) is 6.11. The molecule has 1 atom stereocenters. The number of nitrogens with zero attached hydrogens (tertiary/aromatic N) is 2. The molecule has 0 aliphatic carbocycles. The summed E-state index contributed by atoms with van der Waals surface area (Å²) >= 11 is 0. The molecule has 1 aliphatic rings. The highest BCUT2D eigenvalue weighted by Crippen LogP contribution is 2.33. The Morgan fingerprint density at radius 2 is 1.91 bits per heavy atom. The second-order valence-corrected chi connectivity index (χ2v) is 7.16. The zero-order valence-corrected chi connectivity index (χ0v) is 14.7. The highest BCUT2D eigenvalue weighted by atomic mass is 16.2. The monoisotopic (exact) mass is 316 g/mol. The smallest absolute Gasteiger partial charge is 0.289 e. The summed E-state index contributed by atoms with van der Waals surface area (Å²) in [6.07, 6.45) is 1.97. The van der Waals surface area contributed by atoms with Gasteiger partial charge in [-0.15, -0.1) is 0 Å². The number of hydrogen-bond acceptors (Lipinski definition) is 3. The summed E-state index contributed by atoms with van der Waals surface area (Å²) < 4.78 is 0. The Balaban J connectivity index is 1.86. The van der Waals surface area contributed by atoms with Crippen LogP contribution in [0, 0.1) is 5.92 Å². The topological polar surface area (TPSA) is 40.6 Å². The van der Waals surface area contributed by atoms with Crippen molar-refractivity contribution >= 4 is 11.7 Å². The average molecular weight is 316 g/mol. The van der Waals surface area contributed by atoms with E-state index in [1.807, 2.05) is 30.3 Å². The molecule has 23 heavy (non-hydrogen) atoms. The first-order chi connectivity index (χ1) is 10.8. The van der Waals surface area contributed by atoms with Gasteiger partial charge in [0.2, 0.25) is 5.78 Å². The third kappa shape index (κ3) is 4.20. The molecule has 2 rings (SSSR count). The summed E-state index contributed by atoms with van der Waals surface area (Å²) in [7, 11) is 3.87. The Kier molecular flexibility index (Phi) is 5.58. The fourth-order valence-electron chi connectivity index (χ4n) is 3.25. The number of likely N-dealkylation sites (tertiary alicyclic amines) is 1. The molecule has 1 aliphatic heterocycles. The Bertz CT molecular complexity index is 554. The van der Waals surface area contributed by atoms with E-state index >= 15 is 0 Å². The molecule has 0 aromatic heterocycles. The second kappa shape index (κ2) is 7.26. The third-order valence-electron chi connectivity index (χ3n) is 5.36. The van der Waals surface area contributed by atoms with E-state index in [2.05, 4.69) is 25.8 Å².